The van der Waals surface area contributed by atoms with Gasteiger partial charge in [-0.3, -0.25) is 14.2 Å². The van der Waals surface area contributed by atoms with E-state index in [2.05, 4.69) is 10.2 Å². The number of aryl methyl sites for hydroxylation is 2. The molecular formula is C15H20F2N6O3S. The summed E-state index contributed by atoms with van der Waals surface area (Å²) in [6, 6.07) is 1.25. The molecule has 1 aliphatic heterocycles. The van der Waals surface area contributed by atoms with Crippen LogP contribution in [-0.4, -0.2) is 69.3 Å². The molecule has 0 N–H and O–H groups in total. The predicted octanol–water partition coefficient (Wildman–Crippen LogP) is 0.396. The summed E-state index contributed by atoms with van der Waals surface area (Å²) < 4.78 is 54.8. The van der Waals surface area contributed by atoms with E-state index in [0.717, 1.165) is 4.68 Å². The van der Waals surface area contributed by atoms with E-state index in [9.17, 15) is 22.0 Å². The minimum Gasteiger partial charge on any atom is -0.338 e. The molecule has 12 heteroatoms. The Morgan fingerprint density at radius 2 is 1.93 bits per heavy atom. The number of hydrogen-bond acceptors (Lipinski definition) is 5. The van der Waals surface area contributed by atoms with Crippen LogP contribution < -0.4 is 0 Å². The van der Waals surface area contributed by atoms with E-state index in [-0.39, 0.29) is 49.2 Å². The fraction of sp³-hybridized carbons (Fsp3) is 0.533. The molecule has 0 radical (unpaired) electrons. The summed E-state index contributed by atoms with van der Waals surface area (Å²) >= 11 is 0. The third kappa shape index (κ3) is 4.00. The minimum atomic E-state index is -3.67. The molecule has 27 heavy (non-hydrogen) atoms. The van der Waals surface area contributed by atoms with Gasteiger partial charge < -0.3 is 4.90 Å². The van der Waals surface area contributed by atoms with Gasteiger partial charge in [0.2, 0.25) is 15.9 Å². The Bertz CT molecular complexity index is 931. The van der Waals surface area contributed by atoms with E-state index in [1.165, 1.54) is 32.3 Å². The number of amides is 1. The summed E-state index contributed by atoms with van der Waals surface area (Å²) in [5, 5.41) is 7.80. The quantitative estimate of drug-likeness (QED) is 0.722. The molecule has 9 nitrogen and oxygen atoms in total. The smallest absolute Gasteiger partial charge is 0.280 e. The average molecular weight is 402 g/mol. The van der Waals surface area contributed by atoms with Crippen molar-refractivity contribution in [2.75, 3.05) is 26.2 Å². The summed E-state index contributed by atoms with van der Waals surface area (Å²) in [7, 11) is -2.04. The summed E-state index contributed by atoms with van der Waals surface area (Å²) in [6.45, 7) is 1.90. The zero-order chi connectivity index (χ0) is 19.8. The Balaban J connectivity index is 1.63. The van der Waals surface area contributed by atoms with Crippen LogP contribution >= 0.6 is 0 Å². The Kier molecular flexibility index (Phi) is 5.29. The van der Waals surface area contributed by atoms with Gasteiger partial charge in [0.15, 0.2) is 0 Å². The fourth-order valence-electron chi connectivity index (χ4n) is 2.95. The van der Waals surface area contributed by atoms with Gasteiger partial charge in [0.05, 0.1) is 11.9 Å². The van der Waals surface area contributed by atoms with E-state index < -0.39 is 16.4 Å². The first kappa shape index (κ1) is 19.4. The Morgan fingerprint density at radius 1 is 1.26 bits per heavy atom. The van der Waals surface area contributed by atoms with Gasteiger partial charge in [-0.15, -0.1) is 0 Å². The highest BCUT2D eigenvalue weighted by atomic mass is 32.2. The lowest BCUT2D eigenvalue weighted by Gasteiger charge is -2.33. The predicted molar refractivity (Wildman–Crippen MR) is 90.5 cm³/mol. The second kappa shape index (κ2) is 7.35. The van der Waals surface area contributed by atoms with Crippen LogP contribution in [0, 0.1) is 6.92 Å². The van der Waals surface area contributed by atoms with Crippen LogP contribution in [0.4, 0.5) is 8.78 Å². The Morgan fingerprint density at radius 3 is 2.48 bits per heavy atom. The van der Waals surface area contributed by atoms with Crippen LogP contribution in [0.3, 0.4) is 0 Å². The summed E-state index contributed by atoms with van der Waals surface area (Å²) in [5.41, 5.74) is 0.101. The third-order valence-electron chi connectivity index (χ3n) is 4.35. The topological polar surface area (TPSA) is 93.3 Å². The standard InChI is InChI=1S/C15H20F2N6O3S/c1-11-7-13(15(16)17)23(19-11)10-14(24)21-3-5-22(6-4-21)27(25,26)12-8-18-20(2)9-12/h7-9,15H,3-6,10H2,1-2H3. The van der Waals surface area contributed by atoms with E-state index in [0.29, 0.717) is 5.69 Å². The molecule has 148 valence electrons. The number of rotatable bonds is 5. The van der Waals surface area contributed by atoms with E-state index in [4.69, 9.17) is 0 Å². The van der Waals surface area contributed by atoms with Crippen molar-refractivity contribution in [3.8, 4) is 0 Å². The summed E-state index contributed by atoms with van der Waals surface area (Å²) in [4.78, 5) is 14.0. The first-order chi connectivity index (χ1) is 12.7. The molecule has 0 bridgehead atoms. The maximum absolute atomic E-state index is 13.0. The molecule has 2 aromatic heterocycles. The van der Waals surface area contributed by atoms with Crippen molar-refractivity contribution in [2.45, 2.75) is 24.8 Å². The SMILES string of the molecule is Cc1cc(C(F)F)n(CC(=O)N2CCN(S(=O)(=O)c3cnn(C)c3)CC2)n1. The van der Waals surface area contributed by atoms with Crippen LogP contribution in [0.1, 0.15) is 17.8 Å². The maximum Gasteiger partial charge on any atom is 0.280 e. The lowest BCUT2D eigenvalue weighted by molar-refractivity contribution is -0.133. The van der Waals surface area contributed by atoms with Crippen molar-refractivity contribution in [3.63, 3.8) is 0 Å². The van der Waals surface area contributed by atoms with Gasteiger partial charge >= 0.3 is 0 Å². The van der Waals surface area contributed by atoms with Crippen molar-refractivity contribution >= 4 is 15.9 Å². The van der Waals surface area contributed by atoms with E-state index in [1.54, 1.807) is 14.0 Å². The summed E-state index contributed by atoms with van der Waals surface area (Å²) in [5.74, 6) is -0.376. The molecule has 0 unspecified atom stereocenters. The molecule has 0 atom stereocenters. The van der Waals surface area contributed by atoms with Gasteiger partial charge in [-0.05, 0) is 13.0 Å². The number of piperazine rings is 1. The average Bonchev–Trinajstić information content (AvgIpc) is 3.21. The van der Waals surface area contributed by atoms with Crippen molar-refractivity contribution < 1.29 is 22.0 Å². The molecule has 3 heterocycles. The number of aromatic nitrogens is 4. The lowest BCUT2D eigenvalue weighted by atomic mass is 10.3. The number of hydrogen-bond donors (Lipinski definition) is 0. The molecule has 0 saturated carbocycles. The van der Waals surface area contributed by atoms with Gasteiger partial charge in [0.25, 0.3) is 6.43 Å². The number of carbonyl (C=O) groups is 1. The van der Waals surface area contributed by atoms with Crippen molar-refractivity contribution in [1.29, 1.82) is 0 Å². The number of alkyl halides is 2. The fourth-order valence-corrected chi connectivity index (χ4v) is 4.36. The van der Waals surface area contributed by atoms with Crippen LogP contribution in [0.25, 0.3) is 0 Å². The van der Waals surface area contributed by atoms with Gasteiger partial charge in [-0.2, -0.15) is 14.5 Å². The Hall–Kier alpha value is -2.34. The number of sulfonamides is 1. The second-order valence-electron chi connectivity index (χ2n) is 6.30. The zero-order valence-corrected chi connectivity index (χ0v) is 15.7. The largest absolute Gasteiger partial charge is 0.338 e. The Labute approximate surface area is 155 Å². The molecule has 0 aliphatic carbocycles. The normalized spacial score (nSPS) is 16.3. The first-order valence-electron chi connectivity index (χ1n) is 8.27. The molecule has 1 saturated heterocycles. The second-order valence-corrected chi connectivity index (χ2v) is 8.24. The van der Waals surface area contributed by atoms with Crippen LogP contribution in [0.2, 0.25) is 0 Å². The molecule has 1 amide bonds. The molecule has 1 fully saturated rings. The molecule has 0 aromatic carbocycles. The summed E-state index contributed by atoms with van der Waals surface area (Å²) in [6.07, 6.45) is -0.0298. The number of halogens is 2. The third-order valence-corrected chi connectivity index (χ3v) is 6.20. The minimum absolute atomic E-state index is 0.0957. The van der Waals surface area contributed by atoms with Crippen LogP contribution in [-0.2, 0) is 28.4 Å². The van der Waals surface area contributed by atoms with Gasteiger partial charge in [-0.1, -0.05) is 0 Å². The van der Waals surface area contributed by atoms with Gasteiger partial charge in [0.1, 0.15) is 17.1 Å². The van der Waals surface area contributed by atoms with Crippen molar-refractivity contribution in [1.82, 2.24) is 28.8 Å². The van der Waals surface area contributed by atoms with Crippen LogP contribution in [0.5, 0.6) is 0 Å². The van der Waals surface area contributed by atoms with Gasteiger partial charge in [0, 0.05) is 39.4 Å². The van der Waals surface area contributed by atoms with Crippen molar-refractivity contribution in [2.24, 2.45) is 7.05 Å². The highest BCUT2D eigenvalue weighted by molar-refractivity contribution is 7.89. The highest BCUT2D eigenvalue weighted by Crippen LogP contribution is 2.20. The first-order valence-corrected chi connectivity index (χ1v) is 9.71. The van der Waals surface area contributed by atoms with E-state index in [1.807, 2.05) is 0 Å². The monoisotopic (exact) mass is 402 g/mol. The molecule has 2 aromatic rings. The molecule has 1 aliphatic rings. The highest BCUT2D eigenvalue weighted by Gasteiger charge is 2.31. The van der Waals surface area contributed by atoms with E-state index >= 15 is 0 Å². The van der Waals surface area contributed by atoms with Gasteiger partial charge in [-0.25, -0.2) is 17.2 Å². The number of carbonyl (C=O) groups excluding carboxylic acids is 1. The lowest BCUT2D eigenvalue weighted by Crippen LogP contribution is -2.51. The number of nitrogens with zero attached hydrogens (tertiary/aromatic N) is 6. The van der Waals surface area contributed by atoms with Crippen LogP contribution in [0.15, 0.2) is 23.4 Å². The maximum atomic E-state index is 13.0. The zero-order valence-electron chi connectivity index (χ0n) is 14.9. The molecule has 3 rings (SSSR count). The molecule has 0 spiro atoms. The molecular weight excluding hydrogens is 382 g/mol. The van der Waals surface area contributed by atoms with Crippen molar-refractivity contribution in [3.05, 3.63) is 29.8 Å².